The molecule has 4 nitrogen and oxygen atoms in total. The predicted molar refractivity (Wildman–Crippen MR) is 64.7 cm³/mol. The van der Waals surface area contributed by atoms with Crippen LogP contribution < -0.4 is 0 Å². The van der Waals surface area contributed by atoms with Crippen molar-refractivity contribution in [2.24, 2.45) is 17.0 Å². The Bertz CT molecular complexity index is 334. The van der Waals surface area contributed by atoms with Gasteiger partial charge >= 0.3 is 5.97 Å². The van der Waals surface area contributed by atoms with Gasteiger partial charge in [-0.1, -0.05) is 25.9 Å². The van der Waals surface area contributed by atoms with Gasteiger partial charge in [0.05, 0.1) is 12.3 Å². The van der Waals surface area contributed by atoms with Crippen LogP contribution in [0.3, 0.4) is 0 Å². The average Bonchev–Trinajstić information content (AvgIpc) is 3.02. The molecule has 4 heteroatoms. The fraction of sp³-hybridized carbons (Fsp3) is 0.846. The highest BCUT2D eigenvalue weighted by Gasteiger charge is 2.47. The van der Waals surface area contributed by atoms with Crippen LogP contribution in [0.4, 0.5) is 0 Å². The summed E-state index contributed by atoms with van der Waals surface area (Å²) in [6.07, 6.45) is 3.54. The van der Waals surface area contributed by atoms with Crippen LogP contribution in [-0.4, -0.2) is 23.9 Å². The van der Waals surface area contributed by atoms with E-state index >= 15 is 0 Å². The summed E-state index contributed by atoms with van der Waals surface area (Å²) in [5.41, 5.74) is 0.101. The molecule has 0 amide bonds. The number of hydrogen-bond acceptors (Lipinski definition) is 4. The van der Waals surface area contributed by atoms with Gasteiger partial charge in [-0.05, 0) is 31.1 Å². The molecule has 0 radical (unpaired) electrons. The van der Waals surface area contributed by atoms with Crippen molar-refractivity contribution in [3.05, 3.63) is 0 Å². The highest BCUT2D eigenvalue weighted by molar-refractivity contribution is 5.94. The zero-order valence-electron chi connectivity index (χ0n) is 10.9. The molecule has 1 saturated carbocycles. The molecule has 17 heavy (non-hydrogen) atoms. The van der Waals surface area contributed by atoms with Crippen LogP contribution in [0, 0.1) is 11.8 Å². The first-order chi connectivity index (χ1) is 8.07. The highest BCUT2D eigenvalue weighted by Crippen LogP contribution is 2.33. The lowest BCUT2D eigenvalue weighted by atomic mass is 9.90. The largest absolute Gasteiger partial charge is 0.462 e. The fourth-order valence-electron chi connectivity index (χ4n) is 1.87. The third-order valence-corrected chi connectivity index (χ3v) is 3.56. The number of carbonyl (C=O) groups excluding carboxylic acids is 1. The summed E-state index contributed by atoms with van der Waals surface area (Å²) >= 11 is 0. The van der Waals surface area contributed by atoms with Crippen LogP contribution in [0.5, 0.6) is 0 Å². The summed E-state index contributed by atoms with van der Waals surface area (Å²) in [5, 5.41) is 4.04. The van der Waals surface area contributed by atoms with Gasteiger partial charge in [-0.2, -0.15) is 0 Å². The van der Waals surface area contributed by atoms with E-state index in [1.807, 2.05) is 6.92 Å². The summed E-state index contributed by atoms with van der Waals surface area (Å²) in [7, 11) is 0. The molecule has 0 spiro atoms. The van der Waals surface area contributed by atoms with Crippen LogP contribution in [0.25, 0.3) is 0 Å². The minimum absolute atomic E-state index is 0.244. The van der Waals surface area contributed by atoms with Gasteiger partial charge in [-0.15, -0.1) is 0 Å². The maximum Gasteiger partial charge on any atom is 0.353 e. The predicted octanol–water partition coefficient (Wildman–Crippen LogP) is 2.52. The highest BCUT2D eigenvalue weighted by atomic mass is 16.7. The Balaban J connectivity index is 1.93. The van der Waals surface area contributed by atoms with Crippen molar-refractivity contribution < 1.29 is 14.4 Å². The van der Waals surface area contributed by atoms with Gasteiger partial charge in [-0.3, -0.25) is 0 Å². The van der Waals surface area contributed by atoms with E-state index in [2.05, 4.69) is 19.0 Å². The number of hydrogen-bond donors (Lipinski definition) is 0. The SMILES string of the molecule is CCC1(C(=O)OCC2CC2)CC(C(C)C)=NO1. The van der Waals surface area contributed by atoms with E-state index in [0.29, 0.717) is 31.3 Å². The molecule has 1 atom stereocenters. The Hall–Kier alpha value is -1.06. The molecule has 0 aromatic heterocycles. The van der Waals surface area contributed by atoms with Crippen LogP contribution in [0.2, 0.25) is 0 Å². The fourth-order valence-corrected chi connectivity index (χ4v) is 1.87. The van der Waals surface area contributed by atoms with Gasteiger partial charge < -0.3 is 9.57 Å². The van der Waals surface area contributed by atoms with E-state index in [0.717, 1.165) is 5.71 Å². The third-order valence-electron chi connectivity index (χ3n) is 3.56. The van der Waals surface area contributed by atoms with E-state index < -0.39 is 5.60 Å². The molecule has 1 unspecified atom stereocenters. The number of nitrogens with zero attached hydrogens (tertiary/aromatic N) is 1. The molecule has 2 rings (SSSR count). The Morgan fingerprint density at radius 1 is 1.59 bits per heavy atom. The second kappa shape index (κ2) is 4.67. The van der Waals surface area contributed by atoms with Crippen molar-refractivity contribution in [1.82, 2.24) is 0 Å². The van der Waals surface area contributed by atoms with Crippen molar-refractivity contribution in [2.75, 3.05) is 6.61 Å². The van der Waals surface area contributed by atoms with Crippen molar-refractivity contribution in [1.29, 1.82) is 0 Å². The van der Waals surface area contributed by atoms with Crippen molar-refractivity contribution >= 4 is 11.7 Å². The van der Waals surface area contributed by atoms with Crippen LogP contribution >= 0.6 is 0 Å². The van der Waals surface area contributed by atoms with Gasteiger partial charge in [-0.25, -0.2) is 4.79 Å². The molecule has 0 N–H and O–H groups in total. The minimum atomic E-state index is -0.853. The first-order valence-electron chi connectivity index (χ1n) is 6.49. The number of esters is 1. The summed E-state index contributed by atoms with van der Waals surface area (Å²) in [4.78, 5) is 17.5. The van der Waals surface area contributed by atoms with Crippen LogP contribution in [0.1, 0.15) is 46.5 Å². The molecule has 1 fully saturated rings. The van der Waals surface area contributed by atoms with E-state index in [9.17, 15) is 4.79 Å². The summed E-state index contributed by atoms with van der Waals surface area (Å²) < 4.78 is 5.33. The van der Waals surface area contributed by atoms with Crippen LogP contribution in [-0.2, 0) is 14.4 Å². The molecule has 0 bridgehead atoms. The second-order valence-corrected chi connectivity index (χ2v) is 5.40. The second-order valence-electron chi connectivity index (χ2n) is 5.40. The monoisotopic (exact) mass is 239 g/mol. The lowest BCUT2D eigenvalue weighted by molar-refractivity contribution is -0.170. The molecule has 1 heterocycles. The third kappa shape index (κ3) is 2.61. The molecule has 96 valence electrons. The topological polar surface area (TPSA) is 47.9 Å². The number of rotatable bonds is 5. The van der Waals surface area contributed by atoms with Gasteiger partial charge in [0.15, 0.2) is 0 Å². The van der Waals surface area contributed by atoms with Crippen LogP contribution in [0.15, 0.2) is 5.16 Å². The molecular formula is C13H21NO3. The normalized spacial score (nSPS) is 27.9. The average molecular weight is 239 g/mol. The van der Waals surface area contributed by atoms with E-state index in [1.54, 1.807) is 0 Å². The molecule has 2 aliphatic rings. The Labute approximate surface area is 102 Å². The Kier molecular flexibility index (Phi) is 3.40. The molecule has 0 aromatic rings. The minimum Gasteiger partial charge on any atom is -0.462 e. The molecule has 0 aromatic carbocycles. The van der Waals surface area contributed by atoms with Gasteiger partial charge in [0.25, 0.3) is 0 Å². The first-order valence-corrected chi connectivity index (χ1v) is 6.49. The van der Waals surface area contributed by atoms with Crippen molar-refractivity contribution in [3.8, 4) is 0 Å². The summed E-state index contributed by atoms with van der Waals surface area (Å²) in [6.45, 7) is 6.60. The Morgan fingerprint density at radius 3 is 2.76 bits per heavy atom. The van der Waals surface area contributed by atoms with Gasteiger partial charge in [0.2, 0.25) is 5.60 Å². The smallest absolute Gasteiger partial charge is 0.353 e. The maximum absolute atomic E-state index is 12.1. The standard InChI is InChI=1S/C13H21NO3/c1-4-13(7-11(9(2)3)14-17-13)12(15)16-8-10-5-6-10/h9-10H,4-8H2,1-3H3. The van der Waals surface area contributed by atoms with E-state index in [4.69, 9.17) is 9.57 Å². The Morgan fingerprint density at radius 2 is 2.29 bits per heavy atom. The summed E-state index contributed by atoms with van der Waals surface area (Å²) in [5.74, 6) is 0.658. The molecule has 0 saturated heterocycles. The van der Waals surface area contributed by atoms with Crippen molar-refractivity contribution in [2.45, 2.75) is 52.1 Å². The molecular weight excluding hydrogens is 218 g/mol. The lowest BCUT2D eigenvalue weighted by Crippen LogP contribution is -2.40. The quantitative estimate of drug-likeness (QED) is 0.693. The molecule has 1 aliphatic carbocycles. The van der Waals surface area contributed by atoms with Gasteiger partial charge in [0.1, 0.15) is 0 Å². The number of ether oxygens (including phenoxy) is 1. The number of carbonyl (C=O) groups is 1. The van der Waals surface area contributed by atoms with E-state index in [-0.39, 0.29) is 5.97 Å². The molecule has 1 aliphatic heterocycles. The first kappa shape index (κ1) is 12.4. The zero-order valence-corrected chi connectivity index (χ0v) is 10.9. The lowest BCUT2D eigenvalue weighted by Gasteiger charge is -2.22. The maximum atomic E-state index is 12.1. The van der Waals surface area contributed by atoms with Gasteiger partial charge in [0, 0.05) is 6.42 Å². The summed E-state index contributed by atoms with van der Waals surface area (Å²) in [6, 6.07) is 0. The van der Waals surface area contributed by atoms with Crippen molar-refractivity contribution in [3.63, 3.8) is 0 Å². The van der Waals surface area contributed by atoms with E-state index in [1.165, 1.54) is 12.8 Å². The zero-order chi connectivity index (χ0) is 12.5. The number of oxime groups is 1.